The van der Waals surface area contributed by atoms with E-state index >= 15 is 0 Å². The SMILES string of the molecule is CCOc1ccc(CCNc2nc(-c3cccc(OC)c3)no2)cc1. The van der Waals surface area contributed by atoms with E-state index in [2.05, 4.69) is 27.6 Å². The van der Waals surface area contributed by atoms with Gasteiger partial charge >= 0.3 is 6.01 Å². The van der Waals surface area contributed by atoms with Crippen LogP contribution in [0.15, 0.2) is 53.1 Å². The van der Waals surface area contributed by atoms with Gasteiger partial charge in [0.15, 0.2) is 0 Å². The van der Waals surface area contributed by atoms with Gasteiger partial charge in [0.2, 0.25) is 5.82 Å². The van der Waals surface area contributed by atoms with Gasteiger partial charge in [0.1, 0.15) is 11.5 Å². The molecule has 0 unspecified atom stereocenters. The van der Waals surface area contributed by atoms with E-state index in [4.69, 9.17) is 14.0 Å². The van der Waals surface area contributed by atoms with Crippen LogP contribution < -0.4 is 14.8 Å². The van der Waals surface area contributed by atoms with E-state index < -0.39 is 0 Å². The maximum absolute atomic E-state index is 5.44. The summed E-state index contributed by atoms with van der Waals surface area (Å²) in [5, 5.41) is 7.15. The second-order valence-electron chi connectivity index (χ2n) is 5.41. The van der Waals surface area contributed by atoms with Crippen LogP contribution in [0.4, 0.5) is 6.01 Å². The van der Waals surface area contributed by atoms with Crippen LogP contribution in [0, 0.1) is 0 Å². The summed E-state index contributed by atoms with van der Waals surface area (Å²) in [6, 6.07) is 16.0. The first-order chi connectivity index (χ1) is 12.3. The van der Waals surface area contributed by atoms with Gasteiger partial charge in [0, 0.05) is 12.1 Å². The second kappa shape index (κ2) is 8.19. The van der Waals surface area contributed by atoms with Gasteiger partial charge < -0.3 is 19.3 Å². The van der Waals surface area contributed by atoms with Crippen molar-refractivity contribution in [3.05, 3.63) is 54.1 Å². The first kappa shape index (κ1) is 16.8. The maximum Gasteiger partial charge on any atom is 0.321 e. The van der Waals surface area contributed by atoms with Crippen molar-refractivity contribution in [3.8, 4) is 22.9 Å². The third-order valence-electron chi connectivity index (χ3n) is 3.68. The Labute approximate surface area is 146 Å². The minimum Gasteiger partial charge on any atom is -0.497 e. The van der Waals surface area contributed by atoms with Crippen molar-refractivity contribution in [2.75, 3.05) is 25.6 Å². The molecule has 130 valence electrons. The third-order valence-corrected chi connectivity index (χ3v) is 3.68. The normalized spacial score (nSPS) is 10.5. The highest BCUT2D eigenvalue weighted by molar-refractivity contribution is 5.57. The number of anilines is 1. The van der Waals surface area contributed by atoms with Crippen molar-refractivity contribution in [3.63, 3.8) is 0 Å². The van der Waals surface area contributed by atoms with Crippen LogP contribution in [-0.4, -0.2) is 30.4 Å². The van der Waals surface area contributed by atoms with Crippen LogP contribution in [0.2, 0.25) is 0 Å². The Morgan fingerprint density at radius 2 is 1.92 bits per heavy atom. The molecule has 25 heavy (non-hydrogen) atoms. The largest absolute Gasteiger partial charge is 0.497 e. The highest BCUT2D eigenvalue weighted by Crippen LogP contribution is 2.22. The second-order valence-corrected chi connectivity index (χ2v) is 5.41. The molecule has 3 rings (SSSR count). The summed E-state index contributed by atoms with van der Waals surface area (Å²) in [7, 11) is 1.63. The Morgan fingerprint density at radius 1 is 1.08 bits per heavy atom. The third kappa shape index (κ3) is 4.50. The Hall–Kier alpha value is -3.02. The smallest absolute Gasteiger partial charge is 0.321 e. The monoisotopic (exact) mass is 339 g/mol. The molecule has 0 aliphatic rings. The number of rotatable bonds is 8. The van der Waals surface area contributed by atoms with Crippen molar-refractivity contribution in [2.45, 2.75) is 13.3 Å². The molecule has 6 nitrogen and oxygen atoms in total. The maximum atomic E-state index is 5.44. The van der Waals surface area contributed by atoms with Crippen LogP contribution in [-0.2, 0) is 6.42 Å². The lowest BCUT2D eigenvalue weighted by atomic mass is 10.1. The number of hydrogen-bond donors (Lipinski definition) is 1. The number of benzene rings is 2. The molecule has 0 aliphatic carbocycles. The van der Waals surface area contributed by atoms with Gasteiger partial charge in [-0.15, -0.1) is 0 Å². The van der Waals surface area contributed by atoms with Crippen LogP contribution in [0.1, 0.15) is 12.5 Å². The first-order valence-electron chi connectivity index (χ1n) is 8.22. The molecule has 0 fully saturated rings. The van der Waals surface area contributed by atoms with Gasteiger partial charge in [-0.25, -0.2) is 0 Å². The minimum absolute atomic E-state index is 0.406. The fourth-order valence-corrected chi connectivity index (χ4v) is 2.41. The molecule has 0 amide bonds. The fourth-order valence-electron chi connectivity index (χ4n) is 2.41. The number of ether oxygens (including phenoxy) is 2. The van der Waals surface area contributed by atoms with Gasteiger partial charge in [-0.3, -0.25) is 0 Å². The predicted octanol–water partition coefficient (Wildman–Crippen LogP) is 3.80. The van der Waals surface area contributed by atoms with E-state index in [1.54, 1.807) is 7.11 Å². The number of aromatic nitrogens is 2. The zero-order valence-corrected chi connectivity index (χ0v) is 14.4. The summed E-state index contributed by atoms with van der Waals surface area (Å²) in [6.07, 6.45) is 0.850. The number of nitrogens with one attached hydrogen (secondary N) is 1. The minimum atomic E-state index is 0.406. The molecule has 1 aromatic heterocycles. The van der Waals surface area contributed by atoms with Gasteiger partial charge in [0.05, 0.1) is 13.7 Å². The van der Waals surface area contributed by atoms with E-state index in [9.17, 15) is 0 Å². The Balaban J connectivity index is 1.54. The van der Waals surface area contributed by atoms with Crippen molar-refractivity contribution >= 4 is 6.01 Å². The Morgan fingerprint density at radius 3 is 2.68 bits per heavy atom. The van der Waals surface area contributed by atoms with E-state index in [0.29, 0.717) is 25.0 Å². The van der Waals surface area contributed by atoms with Gasteiger partial charge in [0.25, 0.3) is 0 Å². The lowest BCUT2D eigenvalue weighted by molar-refractivity contribution is 0.340. The van der Waals surface area contributed by atoms with Crippen molar-refractivity contribution in [1.29, 1.82) is 0 Å². The van der Waals surface area contributed by atoms with E-state index in [0.717, 1.165) is 23.5 Å². The molecule has 1 heterocycles. The van der Waals surface area contributed by atoms with Crippen molar-refractivity contribution < 1.29 is 14.0 Å². The van der Waals surface area contributed by atoms with Crippen LogP contribution >= 0.6 is 0 Å². The summed E-state index contributed by atoms with van der Waals surface area (Å²) in [6.45, 7) is 3.35. The quantitative estimate of drug-likeness (QED) is 0.673. The van der Waals surface area contributed by atoms with E-state index in [1.165, 1.54) is 5.56 Å². The number of methoxy groups -OCH3 is 1. The molecule has 0 aliphatic heterocycles. The van der Waals surface area contributed by atoms with E-state index in [1.807, 2.05) is 43.3 Å². The zero-order valence-electron chi connectivity index (χ0n) is 14.4. The van der Waals surface area contributed by atoms with Crippen LogP contribution in [0.5, 0.6) is 11.5 Å². The first-order valence-corrected chi connectivity index (χ1v) is 8.22. The summed E-state index contributed by atoms with van der Waals surface area (Å²) < 4.78 is 15.9. The molecule has 6 heteroatoms. The van der Waals surface area contributed by atoms with Crippen LogP contribution in [0.25, 0.3) is 11.4 Å². The average Bonchev–Trinajstić information content (AvgIpc) is 3.12. The lowest BCUT2D eigenvalue weighted by Crippen LogP contribution is -2.05. The van der Waals surface area contributed by atoms with E-state index in [-0.39, 0.29) is 0 Å². The summed E-state index contributed by atoms with van der Waals surface area (Å²) in [5.41, 5.74) is 2.06. The fraction of sp³-hybridized carbons (Fsp3) is 0.263. The summed E-state index contributed by atoms with van der Waals surface area (Å²) >= 11 is 0. The molecule has 1 N–H and O–H groups in total. The number of hydrogen-bond acceptors (Lipinski definition) is 6. The summed E-state index contributed by atoms with van der Waals surface area (Å²) in [5.74, 6) is 2.17. The standard InChI is InChI=1S/C19H21N3O3/c1-3-24-16-9-7-14(8-10-16)11-12-20-19-21-18(22-25-19)15-5-4-6-17(13-15)23-2/h4-10,13H,3,11-12H2,1-2H3,(H,20,21,22). The molecule has 0 bridgehead atoms. The van der Waals surface area contributed by atoms with Crippen molar-refractivity contribution in [1.82, 2.24) is 10.1 Å². The van der Waals surface area contributed by atoms with Crippen molar-refractivity contribution in [2.24, 2.45) is 0 Å². The van der Waals surface area contributed by atoms with Crippen LogP contribution in [0.3, 0.4) is 0 Å². The Kier molecular flexibility index (Phi) is 5.51. The summed E-state index contributed by atoms with van der Waals surface area (Å²) in [4.78, 5) is 4.36. The molecular weight excluding hydrogens is 318 g/mol. The molecular formula is C19H21N3O3. The highest BCUT2D eigenvalue weighted by atomic mass is 16.5. The molecule has 3 aromatic rings. The Bertz CT molecular complexity index is 800. The zero-order chi connectivity index (χ0) is 17.5. The molecule has 0 spiro atoms. The topological polar surface area (TPSA) is 69.4 Å². The molecule has 0 saturated carbocycles. The predicted molar refractivity (Wildman–Crippen MR) is 96.1 cm³/mol. The molecule has 0 radical (unpaired) electrons. The molecule has 0 atom stereocenters. The lowest BCUT2D eigenvalue weighted by Gasteiger charge is -2.05. The van der Waals surface area contributed by atoms with Gasteiger partial charge in [-0.05, 0) is 43.2 Å². The molecule has 2 aromatic carbocycles. The number of nitrogens with zero attached hydrogens (tertiary/aromatic N) is 2. The van der Waals surface area contributed by atoms with Gasteiger partial charge in [-0.2, -0.15) is 4.98 Å². The molecule has 0 saturated heterocycles. The highest BCUT2D eigenvalue weighted by Gasteiger charge is 2.09. The average molecular weight is 339 g/mol. The van der Waals surface area contributed by atoms with Gasteiger partial charge in [-0.1, -0.05) is 29.4 Å².